The highest BCUT2D eigenvalue weighted by Gasteiger charge is 2.36. The van der Waals surface area contributed by atoms with E-state index in [1.165, 1.54) is 24.4 Å². The Bertz CT molecular complexity index is 1610. The molecule has 0 fully saturated rings. The van der Waals surface area contributed by atoms with Crippen LogP contribution in [0.2, 0.25) is 0 Å². The van der Waals surface area contributed by atoms with Crippen molar-refractivity contribution in [3.05, 3.63) is 94.4 Å². The number of rotatable bonds is 9. The molecule has 2 aromatic carbocycles. The molecule has 1 heterocycles. The van der Waals surface area contributed by atoms with Gasteiger partial charge in [0.05, 0.1) is 16.2 Å². The van der Waals surface area contributed by atoms with Gasteiger partial charge in [0.25, 0.3) is 10.0 Å². The molecule has 1 aliphatic rings. The van der Waals surface area contributed by atoms with E-state index in [0.29, 0.717) is 18.5 Å². The summed E-state index contributed by atoms with van der Waals surface area (Å²) in [6.45, 7) is 7.36. The maximum absolute atomic E-state index is 13.7. The van der Waals surface area contributed by atoms with Crippen molar-refractivity contribution in [2.75, 3.05) is 13.1 Å². The number of ketones is 2. The summed E-state index contributed by atoms with van der Waals surface area (Å²) >= 11 is 0. The van der Waals surface area contributed by atoms with Crippen molar-refractivity contribution < 1.29 is 32.6 Å². The number of nitrogens with zero attached hydrogens (tertiary/aromatic N) is 1. The molecule has 0 spiro atoms. The van der Waals surface area contributed by atoms with Crippen molar-refractivity contribution in [3.63, 3.8) is 0 Å². The van der Waals surface area contributed by atoms with Crippen LogP contribution in [0.4, 0.5) is 4.79 Å². The summed E-state index contributed by atoms with van der Waals surface area (Å²) in [6, 6.07) is 12.8. The minimum Gasteiger partial charge on any atom is -0.508 e. The van der Waals surface area contributed by atoms with E-state index < -0.39 is 33.3 Å². The number of benzene rings is 2. The first-order chi connectivity index (χ1) is 19.3. The lowest BCUT2D eigenvalue weighted by Gasteiger charge is -2.19. The van der Waals surface area contributed by atoms with Crippen LogP contribution in [0.15, 0.2) is 71.4 Å². The Hall–Kier alpha value is -4.38. The number of aryl methyl sites for hydroxylation is 1. The Labute approximate surface area is 239 Å². The fraction of sp³-hybridized carbons (Fsp3) is 0.300. The summed E-state index contributed by atoms with van der Waals surface area (Å²) in [5.41, 5.74) is 1.09. The Balaban J connectivity index is 1.64. The summed E-state index contributed by atoms with van der Waals surface area (Å²) in [7, 11) is -4.24. The van der Waals surface area contributed by atoms with Gasteiger partial charge < -0.3 is 20.5 Å². The number of Topliss-reactive ketones (excluding diaryl/α,β-unsaturated/α-hetero) is 1. The Morgan fingerprint density at radius 3 is 2.27 bits per heavy atom. The molecule has 1 aliphatic carbocycles. The number of phenolic OH excluding ortho intramolecular Hbond substituents is 1. The van der Waals surface area contributed by atoms with E-state index in [1.807, 2.05) is 6.92 Å². The number of hydrogen-bond acceptors (Lipinski definition) is 8. The van der Waals surface area contributed by atoms with Crippen LogP contribution in [0, 0.1) is 6.92 Å². The van der Waals surface area contributed by atoms with E-state index in [-0.39, 0.29) is 40.6 Å². The van der Waals surface area contributed by atoms with Crippen molar-refractivity contribution in [2.45, 2.75) is 51.0 Å². The minimum atomic E-state index is -4.24. The monoisotopic (exact) mass is 579 g/mol. The zero-order chi connectivity index (χ0) is 29.9. The number of amides is 1. The Kier molecular flexibility index (Phi) is 8.39. The first kappa shape index (κ1) is 29.6. The highest BCUT2D eigenvalue weighted by molar-refractivity contribution is 7.90. The molecule has 10 nitrogen and oxygen atoms in total. The molecule has 3 N–H and O–H groups in total. The Morgan fingerprint density at radius 1 is 0.976 bits per heavy atom. The summed E-state index contributed by atoms with van der Waals surface area (Å²) in [4.78, 5) is 39.1. The van der Waals surface area contributed by atoms with Gasteiger partial charge >= 0.3 is 6.09 Å². The molecule has 0 radical (unpaired) electrons. The van der Waals surface area contributed by atoms with Crippen molar-refractivity contribution in [2.24, 2.45) is 0 Å². The third-order valence-corrected chi connectivity index (χ3v) is 8.01. The molecule has 41 heavy (non-hydrogen) atoms. The topological polar surface area (TPSA) is 144 Å². The molecule has 0 atom stereocenters. The summed E-state index contributed by atoms with van der Waals surface area (Å²) in [5, 5.41) is 15.0. The van der Waals surface area contributed by atoms with E-state index in [4.69, 9.17) is 4.74 Å². The lowest BCUT2D eigenvalue weighted by molar-refractivity contribution is 0.0528. The van der Waals surface area contributed by atoms with Gasteiger partial charge in [-0.3, -0.25) is 9.59 Å². The molecule has 1 amide bonds. The normalized spacial score (nSPS) is 13.4. The van der Waals surface area contributed by atoms with Crippen molar-refractivity contribution >= 4 is 27.7 Å². The molecular formula is C30H33N3O7S. The zero-order valence-electron chi connectivity index (χ0n) is 23.4. The zero-order valence-corrected chi connectivity index (χ0v) is 24.2. The maximum Gasteiger partial charge on any atom is 0.407 e. The number of nitrogens with one attached hydrogen (secondary N) is 2. The molecule has 3 aromatic rings. The van der Waals surface area contributed by atoms with Crippen LogP contribution in [-0.2, 0) is 27.6 Å². The van der Waals surface area contributed by atoms with E-state index in [9.17, 15) is 27.9 Å². The predicted molar refractivity (Wildman–Crippen MR) is 153 cm³/mol. The number of fused-ring (bicyclic) bond motifs is 1. The first-order valence-corrected chi connectivity index (χ1v) is 14.6. The van der Waals surface area contributed by atoms with Crippen LogP contribution in [0.25, 0.3) is 0 Å². The van der Waals surface area contributed by atoms with Gasteiger partial charge in [-0.05, 0) is 75.9 Å². The van der Waals surface area contributed by atoms with Crippen LogP contribution in [0.1, 0.15) is 58.3 Å². The Morgan fingerprint density at radius 2 is 1.63 bits per heavy atom. The number of alkyl carbamates (subject to hydrolysis) is 1. The number of phenols is 1. The van der Waals surface area contributed by atoms with Gasteiger partial charge in [-0.2, -0.15) is 0 Å². The number of aromatic nitrogens is 1. The van der Waals surface area contributed by atoms with Gasteiger partial charge in [0.2, 0.25) is 5.78 Å². The van der Waals surface area contributed by atoms with Crippen molar-refractivity contribution in [1.29, 1.82) is 0 Å². The number of aromatic hydroxyl groups is 1. The highest BCUT2D eigenvalue weighted by Crippen LogP contribution is 2.30. The van der Waals surface area contributed by atoms with E-state index >= 15 is 0 Å². The average molecular weight is 580 g/mol. The van der Waals surface area contributed by atoms with Crippen molar-refractivity contribution in [3.8, 4) is 5.75 Å². The molecule has 0 saturated heterocycles. The lowest BCUT2D eigenvalue weighted by atomic mass is 9.95. The van der Waals surface area contributed by atoms with Crippen LogP contribution in [-0.4, -0.2) is 53.8 Å². The molecule has 4 rings (SSSR count). The van der Waals surface area contributed by atoms with E-state index in [0.717, 1.165) is 15.1 Å². The summed E-state index contributed by atoms with van der Waals surface area (Å²) in [6.07, 6.45) is 2.39. The van der Waals surface area contributed by atoms with Gasteiger partial charge in [-0.15, -0.1) is 0 Å². The summed E-state index contributed by atoms with van der Waals surface area (Å²) in [5.74, 6) is -1.01. The van der Waals surface area contributed by atoms with Crippen molar-refractivity contribution in [1.82, 2.24) is 14.6 Å². The molecule has 0 saturated carbocycles. The second-order valence-corrected chi connectivity index (χ2v) is 12.6. The van der Waals surface area contributed by atoms with Gasteiger partial charge in [0.1, 0.15) is 17.0 Å². The molecule has 11 heteroatoms. The quantitative estimate of drug-likeness (QED) is 0.346. The molecule has 0 unspecified atom stereocenters. The molecule has 1 aromatic heterocycles. The van der Waals surface area contributed by atoms with Crippen LogP contribution >= 0.6 is 0 Å². The van der Waals surface area contributed by atoms with Crippen LogP contribution in [0.5, 0.6) is 5.75 Å². The van der Waals surface area contributed by atoms with Crippen LogP contribution in [0.3, 0.4) is 0 Å². The molecule has 216 valence electrons. The predicted octanol–water partition coefficient (Wildman–Crippen LogP) is 3.90. The number of ether oxygens (including phenoxy) is 1. The first-order valence-electron chi connectivity index (χ1n) is 13.1. The number of allylic oxidation sites excluding steroid dienone is 2. The molecular weight excluding hydrogens is 546 g/mol. The second kappa shape index (κ2) is 11.6. The SMILES string of the molecule is Cc1ccc(S(=O)(=O)n2cc(CCNC(=O)OC(C)(C)C)c3c2C(=O)C(NCCc2ccc(O)cc2)=CC3=O)cc1. The maximum atomic E-state index is 13.7. The standard InChI is InChI=1S/C30H33N3O7S/c1-19-5-11-23(12-6-19)41(38,39)33-18-21(14-16-32-29(37)40-30(2,3)4)26-25(35)17-24(28(36)27(26)33)31-15-13-20-7-9-22(34)10-8-20/h5-12,17-18,31,34H,13-16H2,1-4H3,(H,32,37). The largest absolute Gasteiger partial charge is 0.508 e. The fourth-order valence-corrected chi connectivity index (χ4v) is 5.76. The smallest absolute Gasteiger partial charge is 0.407 e. The third kappa shape index (κ3) is 6.86. The van der Waals surface area contributed by atoms with E-state index in [1.54, 1.807) is 57.2 Å². The van der Waals surface area contributed by atoms with Gasteiger partial charge in [0.15, 0.2) is 5.78 Å². The average Bonchev–Trinajstić information content (AvgIpc) is 3.28. The molecule has 0 bridgehead atoms. The van der Waals surface area contributed by atoms with Gasteiger partial charge in [-0.1, -0.05) is 29.8 Å². The van der Waals surface area contributed by atoms with Gasteiger partial charge in [0, 0.05) is 25.4 Å². The minimum absolute atomic E-state index is 0.0132. The number of carbonyl (C=O) groups is 3. The molecule has 0 aliphatic heterocycles. The third-order valence-electron chi connectivity index (χ3n) is 6.34. The van der Waals surface area contributed by atoms with Gasteiger partial charge in [-0.25, -0.2) is 17.2 Å². The second-order valence-electron chi connectivity index (χ2n) is 10.8. The van der Waals surface area contributed by atoms with Crippen LogP contribution < -0.4 is 10.6 Å². The summed E-state index contributed by atoms with van der Waals surface area (Å²) < 4.78 is 33.5. The number of hydrogen-bond donors (Lipinski definition) is 3. The number of carbonyl (C=O) groups excluding carboxylic acids is 3. The fourth-order valence-electron chi connectivity index (χ4n) is 4.37. The lowest BCUT2D eigenvalue weighted by Crippen LogP contribution is -2.33. The highest BCUT2D eigenvalue weighted by atomic mass is 32.2. The van der Waals surface area contributed by atoms with E-state index in [2.05, 4.69) is 10.6 Å².